The number of Topliss-reactive ketones (excluding diaryl/α,β-unsaturated/α-hetero) is 1. The van der Waals surface area contributed by atoms with E-state index < -0.39 is 0 Å². The zero-order chi connectivity index (χ0) is 18.4. The van der Waals surface area contributed by atoms with Crippen molar-refractivity contribution in [3.63, 3.8) is 0 Å². The molecule has 0 fully saturated rings. The second kappa shape index (κ2) is 8.89. The van der Waals surface area contributed by atoms with Crippen LogP contribution in [0.4, 0.5) is 0 Å². The molecule has 0 spiro atoms. The molecular weight excluding hydrogens is 348 g/mol. The molecule has 0 saturated heterocycles. The minimum atomic E-state index is 0.107. The highest BCUT2D eigenvalue weighted by molar-refractivity contribution is 8.14. The number of nitrogens with zero attached hydrogens (tertiary/aromatic N) is 4. The second-order valence-electron chi connectivity index (χ2n) is 6.29. The summed E-state index contributed by atoms with van der Waals surface area (Å²) in [5.41, 5.74) is 2.63. The summed E-state index contributed by atoms with van der Waals surface area (Å²) in [5.74, 6) is 1.33. The highest BCUT2D eigenvalue weighted by Gasteiger charge is 2.29. The number of carbonyl (C=O) groups excluding carboxylic acids is 1. The summed E-state index contributed by atoms with van der Waals surface area (Å²) < 4.78 is 5.01. The highest BCUT2D eigenvalue weighted by atomic mass is 32.2. The molecule has 0 saturated carbocycles. The normalized spacial score (nSPS) is 16.5. The maximum absolute atomic E-state index is 12.2. The number of aryl methyl sites for hydroxylation is 1. The number of pyridine rings is 1. The van der Waals surface area contributed by atoms with Crippen molar-refractivity contribution in [3.8, 4) is 0 Å². The molecule has 2 aromatic heterocycles. The van der Waals surface area contributed by atoms with Crippen molar-refractivity contribution in [1.29, 1.82) is 0 Å². The molecule has 0 radical (unpaired) electrons. The van der Waals surface area contributed by atoms with Gasteiger partial charge in [-0.15, -0.1) is 16.9 Å². The fraction of sp³-hybridized carbons (Fsp3) is 0.421. The number of rotatable bonds is 8. The van der Waals surface area contributed by atoms with E-state index in [9.17, 15) is 4.79 Å². The Bertz CT molecular complexity index is 814. The lowest BCUT2D eigenvalue weighted by Crippen LogP contribution is -2.20. The number of unbranched alkanes of at least 4 members (excludes halogenated alkanes) is 1. The molecule has 0 N–H and O–H groups in total. The van der Waals surface area contributed by atoms with Gasteiger partial charge in [-0.25, -0.2) is 0 Å². The van der Waals surface area contributed by atoms with Gasteiger partial charge in [0.2, 0.25) is 0 Å². The van der Waals surface area contributed by atoms with E-state index in [1.165, 1.54) is 11.8 Å². The molecule has 0 aromatic carbocycles. The number of hydrogen-bond donors (Lipinski definition) is 0. The predicted octanol–water partition coefficient (Wildman–Crippen LogP) is 3.85. The van der Waals surface area contributed by atoms with E-state index >= 15 is 0 Å². The maximum Gasteiger partial charge on any atom is 0.149 e. The Morgan fingerprint density at radius 2 is 2.23 bits per heavy atom. The molecule has 0 aliphatic carbocycles. The zero-order valence-electron chi connectivity index (χ0n) is 15.0. The summed E-state index contributed by atoms with van der Waals surface area (Å²) in [6, 6.07) is 5.71. The van der Waals surface area contributed by atoms with Gasteiger partial charge in [-0.05, 0) is 25.5 Å². The van der Waals surface area contributed by atoms with Gasteiger partial charge in [-0.1, -0.05) is 24.9 Å². The SMILES string of the molecule is CCCCC1C(SCC(=O)Cc2cc(C)on2)=NN=C1c1cccnc1. The lowest BCUT2D eigenvalue weighted by molar-refractivity contribution is -0.116. The first-order valence-electron chi connectivity index (χ1n) is 8.80. The molecule has 1 atom stereocenters. The first-order valence-corrected chi connectivity index (χ1v) is 9.78. The third kappa shape index (κ3) is 4.66. The number of hydrogen-bond acceptors (Lipinski definition) is 7. The average molecular weight is 370 g/mol. The van der Waals surface area contributed by atoms with Crippen LogP contribution in [0.25, 0.3) is 0 Å². The van der Waals surface area contributed by atoms with Crippen molar-refractivity contribution in [1.82, 2.24) is 10.1 Å². The van der Waals surface area contributed by atoms with Crippen LogP contribution in [0.1, 0.15) is 43.2 Å². The van der Waals surface area contributed by atoms with E-state index in [4.69, 9.17) is 4.52 Å². The van der Waals surface area contributed by atoms with Crippen LogP contribution in [0, 0.1) is 12.8 Å². The van der Waals surface area contributed by atoms with Crippen molar-refractivity contribution in [2.45, 2.75) is 39.5 Å². The monoisotopic (exact) mass is 370 g/mol. The Hall–Kier alpha value is -2.28. The van der Waals surface area contributed by atoms with Crippen molar-refractivity contribution >= 4 is 28.3 Å². The molecule has 0 amide bonds. The van der Waals surface area contributed by atoms with E-state index in [1.54, 1.807) is 12.3 Å². The van der Waals surface area contributed by atoms with Crippen LogP contribution in [0.2, 0.25) is 0 Å². The standard InChI is InChI=1S/C19H22N4O2S/c1-3-4-7-17-18(14-6-5-8-20-11-14)21-22-19(17)26-12-16(24)10-15-9-13(2)25-23-15/h5-6,8-9,11,17H,3-4,7,10,12H2,1-2H3. The van der Waals surface area contributed by atoms with Gasteiger partial charge in [0.15, 0.2) is 0 Å². The Balaban J connectivity index is 1.60. The summed E-state index contributed by atoms with van der Waals surface area (Å²) in [6.45, 7) is 3.99. The van der Waals surface area contributed by atoms with E-state index in [1.807, 2.05) is 25.3 Å². The second-order valence-corrected chi connectivity index (χ2v) is 7.29. The van der Waals surface area contributed by atoms with Crippen molar-refractivity contribution < 1.29 is 9.32 Å². The molecule has 3 heterocycles. The lowest BCUT2D eigenvalue weighted by Gasteiger charge is -2.14. The molecule has 6 nitrogen and oxygen atoms in total. The van der Waals surface area contributed by atoms with Gasteiger partial charge in [-0.2, -0.15) is 5.10 Å². The van der Waals surface area contributed by atoms with Gasteiger partial charge < -0.3 is 4.52 Å². The Labute approximate surface area is 157 Å². The van der Waals surface area contributed by atoms with Gasteiger partial charge in [0, 0.05) is 24.0 Å². The summed E-state index contributed by atoms with van der Waals surface area (Å²) in [4.78, 5) is 16.4. The van der Waals surface area contributed by atoms with E-state index in [0.717, 1.165) is 41.3 Å². The van der Waals surface area contributed by atoms with Crippen LogP contribution < -0.4 is 0 Å². The van der Waals surface area contributed by atoms with Crippen LogP contribution in [0.3, 0.4) is 0 Å². The van der Waals surface area contributed by atoms with Gasteiger partial charge in [0.1, 0.15) is 16.6 Å². The maximum atomic E-state index is 12.2. The molecule has 7 heteroatoms. The number of ketones is 1. The van der Waals surface area contributed by atoms with Gasteiger partial charge in [0.25, 0.3) is 0 Å². The third-order valence-corrected chi connectivity index (χ3v) is 5.25. The third-order valence-electron chi connectivity index (χ3n) is 4.12. The topological polar surface area (TPSA) is 80.7 Å². The molecule has 1 aliphatic heterocycles. The molecular formula is C19H22N4O2S. The quantitative estimate of drug-likeness (QED) is 0.705. The molecule has 3 rings (SSSR count). The van der Waals surface area contributed by atoms with E-state index in [2.05, 4.69) is 27.3 Å². The molecule has 0 bridgehead atoms. The summed E-state index contributed by atoms with van der Waals surface area (Å²) in [7, 11) is 0. The fourth-order valence-electron chi connectivity index (χ4n) is 2.84. The highest BCUT2D eigenvalue weighted by Crippen LogP contribution is 2.28. The number of aromatic nitrogens is 2. The summed E-state index contributed by atoms with van der Waals surface area (Å²) >= 11 is 1.48. The van der Waals surface area contributed by atoms with Crippen LogP contribution >= 0.6 is 11.8 Å². The molecule has 2 aromatic rings. The Morgan fingerprint density at radius 1 is 1.35 bits per heavy atom. The Kier molecular flexibility index (Phi) is 6.33. The van der Waals surface area contributed by atoms with Crippen LogP contribution in [0.15, 0.2) is 45.3 Å². The van der Waals surface area contributed by atoms with Gasteiger partial charge >= 0.3 is 0 Å². The van der Waals surface area contributed by atoms with Crippen molar-refractivity contribution in [2.75, 3.05) is 5.75 Å². The zero-order valence-corrected chi connectivity index (χ0v) is 15.8. The van der Waals surface area contributed by atoms with Crippen LogP contribution in [0.5, 0.6) is 0 Å². The number of carbonyl (C=O) groups is 1. The van der Waals surface area contributed by atoms with Gasteiger partial charge in [0.05, 0.1) is 29.5 Å². The van der Waals surface area contributed by atoms with Crippen molar-refractivity contribution in [3.05, 3.63) is 47.6 Å². The molecule has 136 valence electrons. The first kappa shape index (κ1) is 18.5. The summed E-state index contributed by atoms with van der Waals surface area (Å²) in [5, 5.41) is 13.6. The molecule has 1 unspecified atom stereocenters. The van der Waals surface area contributed by atoms with Crippen LogP contribution in [-0.2, 0) is 11.2 Å². The fourth-order valence-corrected chi connectivity index (χ4v) is 3.78. The minimum Gasteiger partial charge on any atom is -0.361 e. The molecule has 26 heavy (non-hydrogen) atoms. The minimum absolute atomic E-state index is 0.107. The lowest BCUT2D eigenvalue weighted by atomic mass is 9.94. The Morgan fingerprint density at radius 3 is 2.92 bits per heavy atom. The van der Waals surface area contributed by atoms with Crippen LogP contribution in [-0.4, -0.2) is 32.4 Å². The van der Waals surface area contributed by atoms with E-state index in [-0.39, 0.29) is 18.1 Å². The first-order chi connectivity index (χ1) is 12.7. The summed E-state index contributed by atoms with van der Waals surface area (Å²) in [6.07, 6.45) is 7.04. The smallest absolute Gasteiger partial charge is 0.149 e. The van der Waals surface area contributed by atoms with Gasteiger partial charge in [-0.3, -0.25) is 9.78 Å². The number of thioether (sulfide) groups is 1. The predicted molar refractivity (Wildman–Crippen MR) is 104 cm³/mol. The average Bonchev–Trinajstić information content (AvgIpc) is 3.24. The van der Waals surface area contributed by atoms with Crippen molar-refractivity contribution in [2.24, 2.45) is 16.1 Å². The largest absolute Gasteiger partial charge is 0.361 e. The van der Waals surface area contributed by atoms with E-state index in [0.29, 0.717) is 11.4 Å². The molecule has 1 aliphatic rings.